The number of nitro groups is 1. The molecule has 0 aliphatic rings. The van der Waals surface area contributed by atoms with Gasteiger partial charge in [-0.3, -0.25) is 14.9 Å². The number of esters is 1. The van der Waals surface area contributed by atoms with Gasteiger partial charge in [0.2, 0.25) is 0 Å². The second-order valence-electron chi connectivity index (χ2n) is 8.51. The number of non-ortho nitro benzene ring substituents is 1. The second kappa shape index (κ2) is 11.3. The number of hydrazone groups is 1. The van der Waals surface area contributed by atoms with E-state index in [1.165, 1.54) is 48.7 Å². The number of H-pyrrole nitrogens is 1. The number of nitrogens with zero attached hydrogens (tertiary/aromatic N) is 2. The Labute approximate surface area is 234 Å². The molecule has 0 aliphatic heterocycles. The molecule has 0 spiro atoms. The number of benzene rings is 4. The number of carbonyl (C=O) groups excluding carboxylic acids is 2. The lowest BCUT2D eigenvalue weighted by Gasteiger charge is -2.08. The number of hydrogen-bond acceptors (Lipinski definition) is 6. The van der Waals surface area contributed by atoms with Crippen LogP contribution in [0, 0.1) is 15.9 Å². The molecule has 0 fully saturated rings. The van der Waals surface area contributed by atoms with Crippen molar-refractivity contribution in [3.63, 3.8) is 0 Å². The highest BCUT2D eigenvalue weighted by Gasteiger charge is 2.20. The van der Waals surface area contributed by atoms with Crippen LogP contribution in [0.5, 0.6) is 5.75 Å². The molecule has 1 amide bonds. The van der Waals surface area contributed by atoms with E-state index in [1.54, 1.807) is 18.2 Å². The molecule has 1 aromatic heterocycles. The first-order valence-electron chi connectivity index (χ1n) is 11.8. The Morgan fingerprint density at radius 1 is 1.00 bits per heavy atom. The lowest BCUT2D eigenvalue weighted by Crippen LogP contribution is -2.19. The molecule has 0 radical (unpaired) electrons. The van der Waals surface area contributed by atoms with Crippen molar-refractivity contribution < 1.29 is 23.6 Å². The number of amides is 1. The maximum atomic E-state index is 14.0. The molecule has 0 unspecified atom stereocenters. The Bertz CT molecular complexity index is 1790. The van der Waals surface area contributed by atoms with Crippen molar-refractivity contribution in [2.45, 2.75) is 0 Å². The van der Waals surface area contributed by atoms with E-state index in [0.717, 1.165) is 5.56 Å². The number of hydrogen-bond donors (Lipinski definition) is 2. The van der Waals surface area contributed by atoms with E-state index in [1.807, 2.05) is 30.3 Å². The minimum Gasteiger partial charge on any atom is -0.422 e. The number of ether oxygens (including phenoxy) is 1. The van der Waals surface area contributed by atoms with Gasteiger partial charge in [-0.1, -0.05) is 46.3 Å². The maximum Gasteiger partial charge on any atom is 0.343 e. The van der Waals surface area contributed by atoms with Gasteiger partial charge in [0.1, 0.15) is 17.3 Å². The van der Waals surface area contributed by atoms with E-state index >= 15 is 0 Å². The molecule has 11 heteroatoms. The standard InChI is InChI=1S/C29H18BrFN4O5/c30-20-8-13-25(40-29(37)18-6-10-22(11-7-18)35(38)39)19(14-20)16-32-34-28(36)27-26(17-4-2-1-3-5-17)23-15-21(31)9-12-24(23)33-27/h1-16,33H,(H,34,36). The molecular weight excluding hydrogens is 583 g/mol. The van der Waals surface area contributed by atoms with Crippen LogP contribution in [0.4, 0.5) is 10.1 Å². The summed E-state index contributed by atoms with van der Waals surface area (Å²) in [6, 6.07) is 23.2. The summed E-state index contributed by atoms with van der Waals surface area (Å²) in [6.07, 6.45) is 1.31. The van der Waals surface area contributed by atoms with Gasteiger partial charge >= 0.3 is 5.97 Å². The molecular formula is C29H18BrFN4O5. The Morgan fingerprint density at radius 3 is 2.48 bits per heavy atom. The van der Waals surface area contributed by atoms with Gasteiger partial charge in [0.25, 0.3) is 11.6 Å². The minimum absolute atomic E-state index is 0.119. The largest absolute Gasteiger partial charge is 0.422 e. The molecule has 198 valence electrons. The molecule has 40 heavy (non-hydrogen) atoms. The topological polar surface area (TPSA) is 127 Å². The summed E-state index contributed by atoms with van der Waals surface area (Å²) in [5.41, 5.74) is 4.84. The van der Waals surface area contributed by atoms with E-state index in [4.69, 9.17) is 4.74 Å². The average molecular weight is 601 g/mol. The number of nitro benzene ring substituents is 1. The molecule has 0 atom stereocenters. The van der Waals surface area contributed by atoms with Crippen LogP contribution < -0.4 is 10.2 Å². The predicted molar refractivity (Wildman–Crippen MR) is 151 cm³/mol. The van der Waals surface area contributed by atoms with E-state index in [9.17, 15) is 24.1 Å². The van der Waals surface area contributed by atoms with Crippen LogP contribution >= 0.6 is 15.9 Å². The van der Waals surface area contributed by atoms with Crippen molar-refractivity contribution in [2.24, 2.45) is 5.10 Å². The normalized spacial score (nSPS) is 11.1. The number of nitrogens with one attached hydrogen (secondary N) is 2. The third-order valence-electron chi connectivity index (χ3n) is 5.91. The molecule has 0 bridgehead atoms. The van der Waals surface area contributed by atoms with E-state index in [-0.39, 0.29) is 22.7 Å². The van der Waals surface area contributed by atoms with Crippen molar-refractivity contribution in [1.82, 2.24) is 10.4 Å². The van der Waals surface area contributed by atoms with Crippen LogP contribution in [0.25, 0.3) is 22.0 Å². The fraction of sp³-hybridized carbons (Fsp3) is 0. The number of carbonyl (C=O) groups is 2. The maximum absolute atomic E-state index is 14.0. The first-order chi connectivity index (χ1) is 19.3. The lowest BCUT2D eigenvalue weighted by molar-refractivity contribution is -0.384. The predicted octanol–water partition coefficient (Wildman–Crippen LogP) is 6.63. The number of fused-ring (bicyclic) bond motifs is 1. The Balaban J connectivity index is 1.39. The van der Waals surface area contributed by atoms with Crippen molar-refractivity contribution in [2.75, 3.05) is 0 Å². The number of rotatable bonds is 7. The van der Waals surface area contributed by atoms with E-state index < -0.39 is 22.6 Å². The fourth-order valence-electron chi connectivity index (χ4n) is 4.05. The summed E-state index contributed by atoms with van der Waals surface area (Å²) < 4.78 is 20.2. The van der Waals surface area contributed by atoms with Crippen LogP contribution in [0.2, 0.25) is 0 Å². The molecule has 0 saturated heterocycles. The molecule has 0 aliphatic carbocycles. The monoisotopic (exact) mass is 600 g/mol. The highest BCUT2D eigenvalue weighted by molar-refractivity contribution is 9.10. The third-order valence-corrected chi connectivity index (χ3v) is 6.40. The van der Waals surface area contributed by atoms with Crippen LogP contribution in [-0.2, 0) is 0 Å². The molecule has 5 aromatic rings. The van der Waals surface area contributed by atoms with Gasteiger partial charge in [0.05, 0.1) is 16.7 Å². The van der Waals surface area contributed by atoms with Gasteiger partial charge in [0.15, 0.2) is 0 Å². The average Bonchev–Trinajstić information content (AvgIpc) is 3.33. The number of aromatic amines is 1. The van der Waals surface area contributed by atoms with Gasteiger partial charge in [-0.15, -0.1) is 0 Å². The van der Waals surface area contributed by atoms with Gasteiger partial charge in [-0.05, 0) is 54.1 Å². The SMILES string of the molecule is O=C(Oc1ccc(Br)cc1C=NNC(=O)c1[nH]c2ccc(F)cc2c1-c1ccccc1)c1ccc([N+](=O)[O-])cc1. The summed E-state index contributed by atoms with van der Waals surface area (Å²) in [4.78, 5) is 39.2. The van der Waals surface area contributed by atoms with E-state index in [0.29, 0.717) is 26.5 Å². The van der Waals surface area contributed by atoms with Crippen LogP contribution in [-0.4, -0.2) is 28.0 Å². The summed E-state index contributed by atoms with van der Waals surface area (Å²) in [5, 5.41) is 15.5. The second-order valence-corrected chi connectivity index (χ2v) is 9.42. The van der Waals surface area contributed by atoms with Crippen molar-refractivity contribution in [1.29, 1.82) is 0 Å². The quantitative estimate of drug-likeness (QED) is 0.0712. The zero-order valence-corrected chi connectivity index (χ0v) is 22.0. The molecule has 9 nitrogen and oxygen atoms in total. The van der Waals surface area contributed by atoms with Crippen LogP contribution in [0.15, 0.2) is 101 Å². The lowest BCUT2D eigenvalue weighted by atomic mass is 10.0. The first-order valence-corrected chi connectivity index (χ1v) is 12.6. The fourth-order valence-corrected chi connectivity index (χ4v) is 4.43. The van der Waals surface area contributed by atoms with Gasteiger partial charge in [-0.25, -0.2) is 14.6 Å². The smallest absolute Gasteiger partial charge is 0.343 e. The third kappa shape index (κ3) is 5.64. The van der Waals surface area contributed by atoms with Crippen molar-refractivity contribution in [3.8, 4) is 16.9 Å². The zero-order chi connectivity index (χ0) is 28.2. The zero-order valence-electron chi connectivity index (χ0n) is 20.4. The Morgan fingerprint density at radius 2 is 1.75 bits per heavy atom. The van der Waals surface area contributed by atoms with Crippen molar-refractivity contribution in [3.05, 3.63) is 128 Å². The summed E-state index contributed by atoms with van der Waals surface area (Å²) in [6.45, 7) is 0. The summed E-state index contributed by atoms with van der Waals surface area (Å²) in [5.74, 6) is -1.57. The molecule has 2 N–H and O–H groups in total. The Kier molecular flexibility index (Phi) is 7.47. The van der Waals surface area contributed by atoms with Gasteiger partial charge in [-0.2, -0.15) is 5.10 Å². The molecule has 1 heterocycles. The highest BCUT2D eigenvalue weighted by Crippen LogP contribution is 2.33. The van der Waals surface area contributed by atoms with Gasteiger partial charge < -0.3 is 9.72 Å². The van der Waals surface area contributed by atoms with Crippen LogP contribution in [0.3, 0.4) is 0 Å². The van der Waals surface area contributed by atoms with Crippen molar-refractivity contribution >= 4 is 50.6 Å². The molecule has 4 aromatic carbocycles. The van der Waals surface area contributed by atoms with Crippen LogP contribution in [0.1, 0.15) is 26.4 Å². The molecule has 5 rings (SSSR count). The first kappa shape index (κ1) is 26.4. The number of halogens is 2. The molecule has 0 saturated carbocycles. The number of aromatic nitrogens is 1. The Hall–Kier alpha value is -5.16. The van der Waals surface area contributed by atoms with Gasteiger partial charge in [0, 0.05) is 38.6 Å². The summed E-state index contributed by atoms with van der Waals surface area (Å²) >= 11 is 3.36. The van der Waals surface area contributed by atoms with E-state index in [2.05, 4.69) is 31.4 Å². The summed E-state index contributed by atoms with van der Waals surface area (Å²) in [7, 11) is 0. The highest BCUT2D eigenvalue weighted by atomic mass is 79.9. The minimum atomic E-state index is -0.728.